The standard InChI is InChI=1S/C12H17N3/c1-8(2)10-5-6-11(9(3)4)15-12(10)13-7-14-15/h5-9H,1-4H3. The maximum atomic E-state index is 4.33. The first-order valence-electron chi connectivity index (χ1n) is 5.43. The summed E-state index contributed by atoms with van der Waals surface area (Å²) in [5, 5.41) is 4.29. The summed E-state index contributed by atoms with van der Waals surface area (Å²) in [4.78, 5) is 4.33. The second-order valence-electron chi connectivity index (χ2n) is 4.52. The second kappa shape index (κ2) is 3.65. The summed E-state index contributed by atoms with van der Waals surface area (Å²) in [7, 11) is 0. The third-order valence-corrected chi connectivity index (χ3v) is 2.70. The fourth-order valence-electron chi connectivity index (χ4n) is 1.84. The maximum Gasteiger partial charge on any atom is 0.159 e. The lowest BCUT2D eigenvalue weighted by atomic mass is 10.0. The Morgan fingerprint density at radius 2 is 1.80 bits per heavy atom. The summed E-state index contributed by atoms with van der Waals surface area (Å²) >= 11 is 0. The van der Waals surface area contributed by atoms with Gasteiger partial charge in [0.05, 0.1) is 0 Å². The predicted molar refractivity (Wildman–Crippen MR) is 61.2 cm³/mol. The molecular formula is C12H17N3. The van der Waals surface area contributed by atoms with Crippen LogP contribution in [-0.2, 0) is 0 Å². The van der Waals surface area contributed by atoms with Crippen molar-refractivity contribution in [3.63, 3.8) is 0 Å². The lowest BCUT2D eigenvalue weighted by Crippen LogP contribution is -2.03. The molecule has 2 aromatic heterocycles. The molecule has 0 amide bonds. The molecule has 80 valence electrons. The summed E-state index contributed by atoms with van der Waals surface area (Å²) in [6.07, 6.45) is 1.63. The van der Waals surface area contributed by atoms with Gasteiger partial charge in [0.1, 0.15) is 6.33 Å². The van der Waals surface area contributed by atoms with Crippen LogP contribution in [0.15, 0.2) is 18.5 Å². The summed E-state index contributed by atoms with van der Waals surface area (Å²) in [5.41, 5.74) is 3.47. The van der Waals surface area contributed by atoms with Gasteiger partial charge >= 0.3 is 0 Å². The fourth-order valence-corrected chi connectivity index (χ4v) is 1.84. The van der Waals surface area contributed by atoms with Gasteiger partial charge in [0, 0.05) is 5.69 Å². The Balaban J connectivity index is 2.71. The van der Waals surface area contributed by atoms with E-state index in [1.54, 1.807) is 6.33 Å². The van der Waals surface area contributed by atoms with Gasteiger partial charge in [0.15, 0.2) is 5.65 Å². The van der Waals surface area contributed by atoms with E-state index in [-0.39, 0.29) is 0 Å². The molecule has 15 heavy (non-hydrogen) atoms. The van der Waals surface area contributed by atoms with Crippen LogP contribution in [0, 0.1) is 0 Å². The van der Waals surface area contributed by atoms with Gasteiger partial charge < -0.3 is 0 Å². The van der Waals surface area contributed by atoms with Crippen LogP contribution in [0.3, 0.4) is 0 Å². The number of rotatable bonds is 2. The zero-order valence-corrected chi connectivity index (χ0v) is 9.73. The number of pyridine rings is 1. The van der Waals surface area contributed by atoms with E-state index in [1.807, 2.05) is 4.52 Å². The van der Waals surface area contributed by atoms with E-state index in [2.05, 4.69) is 49.9 Å². The van der Waals surface area contributed by atoms with Crippen LogP contribution in [-0.4, -0.2) is 14.6 Å². The van der Waals surface area contributed by atoms with Crippen LogP contribution in [0.25, 0.3) is 5.65 Å². The SMILES string of the molecule is CC(C)c1ccc(C(C)C)n2ncnc12. The molecule has 2 aromatic rings. The highest BCUT2D eigenvalue weighted by Gasteiger charge is 2.12. The minimum atomic E-state index is 0.468. The molecule has 0 aliphatic carbocycles. The van der Waals surface area contributed by atoms with Crippen molar-refractivity contribution in [1.29, 1.82) is 0 Å². The average molecular weight is 203 g/mol. The van der Waals surface area contributed by atoms with Gasteiger partial charge in [-0.05, 0) is 23.5 Å². The van der Waals surface area contributed by atoms with Gasteiger partial charge in [0.25, 0.3) is 0 Å². The van der Waals surface area contributed by atoms with Gasteiger partial charge in [0.2, 0.25) is 0 Å². The molecule has 0 unspecified atom stereocenters. The molecule has 0 aliphatic heterocycles. The van der Waals surface area contributed by atoms with Crippen LogP contribution in [0.1, 0.15) is 50.8 Å². The molecule has 0 saturated heterocycles. The Hall–Kier alpha value is -1.38. The minimum absolute atomic E-state index is 0.468. The highest BCUT2D eigenvalue weighted by molar-refractivity contribution is 5.49. The molecule has 0 spiro atoms. The number of aromatic nitrogens is 3. The Bertz CT molecular complexity index is 427. The van der Waals surface area contributed by atoms with E-state index < -0.39 is 0 Å². The largest absolute Gasteiger partial charge is 0.217 e. The number of hydrogen-bond acceptors (Lipinski definition) is 2. The van der Waals surface area contributed by atoms with Gasteiger partial charge in [-0.25, -0.2) is 9.50 Å². The maximum absolute atomic E-state index is 4.33. The van der Waals surface area contributed by atoms with Crippen molar-refractivity contribution in [2.24, 2.45) is 0 Å². The van der Waals surface area contributed by atoms with Crippen LogP contribution in [0.5, 0.6) is 0 Å². The molecule has 3 nitrogen and oxygen atoms in total. The van der Waals surface area contributed by atoms with E-state index in [0.717, 1.165) is 5.65 Å². The van der Waals surface area contributed by atoms with Crippen LogP contribution < -0.4 is 0 Å². The lowest BCUT2D eigenvalue weighted by molar-refractivity contribution is 0.746. The first kappa shape index (κ1) is 10.1. The van der Waals surface area contributed by atoms with Crippen molar-refractivity contribution in [1.82, 2.24) is 14.6 Å². The Morgan fingerprint density at radius 3 is 2.40 bits per heavy atom. The monoisotopic (exact) mass is 203 g/mol. The summed E-state index contributed by atoms with van der Waals surface area (Å²) in [6, 6.07) is 4.33. The Labute approximate surface area is 90.1 Å². The van der Waals surface area contributed by atoms with Gasteiger partial charge in [-0.3, -0.25) is 0 Å². The molecular weight excluding hydrogens is 186 g/mol. The molecule has 0 aliphatic rings. The highest BCUT2D eigenvalue weighted by atomic mass is 15.3. The Kier molecular flexibility index (Phi) is 2.47. The van der Waals surface area contributed by atoms with Crippen molar-refractivity contribution < 1.29 is 0 Å². The fraction of sp³-hybridized carbons (Fsp3) is 0.500. The van der Waals surface area contributed by atoms with Gasteiger partial charge in [-0.15, -0.1) is 0 Å². The van der Waals surface area contributed by atoms with E-state index >= 15 is 0 Å². The van der Waals surface area contributed by atoms with Crippen molar-refractivity contribution >= 4 is 5.65 Å². The summed E-state index contributed by atoms with van der Waals surface area (Å²) in [5.74, 6) is 0.952. The third kappa shape index (κ3) is 1.62. The lowest BCUT2D eigenvalue weighted by Gasteiger charge is -2.12. The van der Waals surface area contributed by atoms with Crippen LogP contribution in [0.4, 0.5) is 0 Å². The molecule has 0 atom stereocenters. The normalized spacial score (nSPS) is 11.9. The second-order valence-corrected chi connectivity index (χ2v) is 4.52. The number of fused-ring (bicyclic) bond motifs is 1. The topological polar surface area (TPSA) is 30.2 Å². The minimum Gasteiger partial charge on any atom is -0.217 e. The smallest absolute Gasteiger partial charge is 0.159 e. The van der Waals surface area contributed by atoms with Gasteiger partial charge in [-0.1, -0.05) is 33.8 Å². The molecule has 2 heterocycles. The van der Waals surface area contributed by atoms with Crippen LogP contribution in [0.2, 0.25) is 0 Å². The van der Waals surface area contributed by atoms with Crippen molar-refractivity contribution in [3.05, 3.63) is 29.7 Å². The van der Waals surface area contributed by atoms with E-state index in [1.165, 1.54) is 11.3 Å². The first-order valence-corrected chi connectivity index (χ1v) is 5.43. The molecule has 0 bridgehead atoms. The molecule has 0 radical (unpaired) electrons. The van der Waals surface area contributed by atoms with E-state index in [4.69, 9.17) is 0 Å². The summed E-state index contributed by atoms with van der Waals surface area (Å²) in [6.45, 7) is 8.70. The van der Waals surface area contributed by atoms with Crippen molar-refractivity contribution in [2.45, 2.75) is 39.5 Å². The third-order valence-electron chi connectivity index (χ3n) is 2.70. The molecule has 2 rings (SSSR count). The summed E-state index contributed by atoms with van der Waals surface area (Å²) < 4.78 is 1.96. The number of hydrogen-bond donors (Lipinski definition) is 0. The quantitative estimate of drug-likeness (QED) is 0.751. The molecule has 0 saturated carbocycles. The van der Waals surface area contributed by atoms with Gasteiger partial charge in [-0.2, -0.15) is 5.10 Å². The molecule has 0 aromatic carbocycles. The molecule has 0 fully saturated rings. The predicted octanol–water partition coefficient (Wildman–Crippen LogP) is 2.98. The first-order chi connectivity index (χ1) is 7.11. The zero-order valence-electron chi connectivity index (χ0n) is 9.73. The molecule has 3 heteroatoms. The zero-order chi connectivity index (χ0) is 11.0. The number of nitrogens with zero attached hydrogens (tertiary/aromatic N) is 3. The van der Waals surface area contributed by atoms with Crippen molar-refractivity contribution in [2.75, 3.05) is 0 Å². The van der Waals surface area contributed by atoms with E-state index in [9.17, 15) is 0 Å². The molecule has 0 N–H and O–H groups in total. The van der Waals surface area contributed by atoms with Crippen molar-refractivity contribution in [3.8, 4) is 0 Å². The average Bonchev–Trinajstić information content (AvgIpc) is 2.63. The van der Waals surface area contributed by atoms with E-state index in [0.29, 0.717) is 11.8 Å². The Morgan fingerprint density at radius 1 is 1.07 bits per heavy atom. The highest BCUT2D eigenvalue weighted by Crippen LogP contribution is 2.22. The van der Waals surface area contributed by atoms with Crippen LogP contribution >= 0.6 is 0 Å².